The molecule has 0 aliphatic carbocycles. The van der Waals surface area contributed by atoms with Gasteiger partial charge < -0.3 is 19.3 Å². The molecular formula is C20H24N6O3. The number of nitrogens with zero attached hydrogens (tertiary/aromatic N) is 6. The number of methoxy groups -OCH3 is 2. The van der Waals surface area contributed by atoms with Crippen LogP contribution in [0.15, 0.2) is 30.6 Å². The molecule has 9 heteroatoms. The second-order valence-electron chi connectivity index (χ2n) is 6.99. The number of fused-ring (bicyclic) bond motifs is 1. The maximum atomic E-state index is 12.8. The smallest absolute Gasteiger partial charge is 0.256 e. The molecule has 0 atom stereocenters. The molecular weight excluding hydrogens is 372 g/mol. The van der Waals surface area contributed by atoms with Gasteiger partial charge >= 0.3 is 0 Å². The number of carbonyl (C=O) groups excluding carboxylic acids is 1. The molecule has 1 aromatic carbocycles. The first-order chi connectivity index (χ1) is 14.1. The summed E-state index contributed by atoms with van der Waals surface area (Å²) in [5.41, 5.74) is 1.94. The summed E-state index contributed by atoms with van der Waals surface area (Å²) in [5.74, 6) is 2.86. The van der Waals surface area contributed by atoms with E-state index in [2.05, 4.69) is 20.1 Å². The highest BCUT2D eigenvalue weighted by Crippen LogP contribution is 2.28. The first-order valence-electron chi connectivity index (χ1n) is 9.50. The summed E-state index contributed by atoms with van der Waals surface area (Å²) in [4.78, 5) is 21.4. The molecule has 0 bridgehead atoms. The van der Waals surface area contributed by atoms with Gasteiger partial charge in [-0.15, -0.1) is 10.2 Å². The number of carbonyl (C=O) groups is 1. The highest BCUT2D eigenvalue weighted by atomic mass is 16.5. The summed E-state index contributed by atoms with van der Waals surface area (Å²) in [7, 11) is 3.19. The fourth-order valence-electron chi connectivity index (χ4n) is 3.57. The number of hydrogen-bond donors (Lipinski definition) is 0. The summed E-state index contributed by atoms with van der Waals surface area (Å²) in [6.45, 7) is 4.78. The van der Waals surface area contributed by atoms with Gasteiger partial charge in [-0.1, -0.05) is 6.07 Å². The van der Waals surface area contributed by atoms with Crippen LogP contribution >= 0.6 is 0 Å². The lowest BCUT2D eigenvalue weighted by atomic mass is 10.1. The lowest BCUT2D eigenvalue weighted by Gasteiger charge is -2.35. The Balaban J connectivity index is 1.39. The first kappa shape index (κ1) is 19.0. The lowest BCUT2D eigenvalue weighted by Crippen LogP contribution is -2.49. The minimum atomic E-state index is 0.105. The zero-order valence-corrected chi connectivity index (χ0v) is 16.8. The third kappa shape index (κ3) is 3.80. The predicted molar refractivity (Wildman–Crippen MR) is 108 cm³/mol. The Morgan fingerprint density at radius 3 is 2.55 bits per heavy atom. The predicted octanol–water partition coefficient (Wildman–Crippen LogP) is 1.34. The Kier molecular flexibility index (Phi) is 5.20. The molecule has 0 spiro atoms. The van der Waals surface area contributed by atoms with Crippen LogP contribution in [0, 0.1) is 6.92 Å². The highest BCUT2D eigenvalue weighted by molar-refractivity contribution is 5.79. The van der Waals surface area contributed by atoms with E-state index in [1.165, 1.54) is 0 Å². The molecule has 1 aliphatic rings. The van der Waals surface area contributed by atoms with E-state index in [4.69, 9.17) is 9.47 Å². The third-order valence-electron chi connectivity index (χ3n) is 5.22. The van der Waals surface area contributed by atoms with Gasteiger partial charge in [-0.3, -0.25) is 9.20 Å². The van der Waals surface area contributed by atoms with Crippen molar-refractivity contribution >= 4 is 17.5 Å². The number of anilines is 1. The number of benzene rings is 1. The zero-order chi connectivity index (χ0) is 20.4. The fourth-order valence-corrected chi connectivity index (χ4v) is 3.57. The average molecular weight is 396 g/mol. The number of amides is 1. The Morgan fingerprint density at radius 2 is 1.83 bits per heavy atom. The molecule has 29 heavy (non-hydrogen) atoms. The van der Waals surface area contributed by atoms with Crippen LogP contribution in [0.1, 0.15) is 11.3 Å². The highest BCUT2D eigenvalue weighted by Gasteiger charge is 2.23. The van der Waals surface area contributed by atoms with E-state index in [0.717, 1.165) is 30.2 Å². The van der Waals surface area contributed by atoms with Crippen LogP contribution in [0.2, 0.25) is 0 Å². The van der Waals surface area contributed by atoms with E-state index in [0.29, 0.717) is 36.8 Å². The van der Waals surface area contributed by atoms with Crippen LogP contribution in [0.5, 0.6) is 11.5 Å². The van der Waals surface area contributed by atoms with E-state index in [1.807, 2.05) is 40.5 Å². The summed E-state index contributed by atoms with van der Waals surface area (Å²) >= 11 is 0. The van der Waals surface area contributed by atoms with Crippen LogP contribution < -0.4 is 14.4 Å². The van der Waals surface area contributed by atoms with Crippen molar-refractivity contribution in [2.75, 3.05) is 45.3 Å². The topological polar surface area (TPSA) is 85.1 Å². The molecule has 3 heterocycles. The van der Waals surface area contributed by atoms with Crippen molar-refractivity contribution in [3.8, 4) is 11.5 Å². The maximum absolute atomic E-state index is 12.8. The molecule has 0 unspecified atom stereocenters. The SMILES string of the molecule is COc1ccc(CC(=O)N2CCN(c3cc(C)n4cnnc4n3)CC2)cc1OC. The zero-order valence-electron chi connectivity index (χ0n) is 16.8. The molecule has 0 N–H and O–H groups in total. The molecule has 3 aromatic rings. The number of rotatable bonds is 5. The third-order valence-corrected chi connectivity index (χ3v) is 5.22. The van der Waals surface area contributed by atoms with E-state index in [9.17, 15) is 4.79 Å². The standard InChI is InChI=1S/C20H24N6O3/c1-14-10-18(22-20-23-21-13-26(14)20)24-6-8-25(9-7-24)19(27)12-15-4-5-16(28-2)17(11-15)29-3/h4-5,10-11,13H,6-9,12H2,1-3H3. The van der Waals surface area contributed by atoms with Crippen molar-refractivity contribution in [2.24, 2.45) is 0 Å². The van der Waals surface area contributed by atoms with Gasteiger partial charge in [0.2, 0.25) is 5.91 Å². The van der Waals surface area contributed by atoms with E-state index < -0.39 is 0 Å². The number of ether oxygens (including phenoxy) is 2. The Morgan fingerprint density at radius 1 is 1.07 bits per heavy atom. The van der Waals surface area contributed by atoms with Gasteiger partial charge in [0.1, 0.15) is 12.1 Å². The van der Waals surface area contributed by atoms with Crippen molar-refractivity contribution in [1.29, 1.82) is 0 Å². The minimum absolute atomic E-state index is 0.105. The van der Waals surface area contributed by atoms with Crippen LogP contribution in [0.3, 0.4) is 0 Å². The number of hydrogen-bond acceptors (Lipinski definition) is 7. The summed E-state index contributed by atoms with van der Waals surface area (Å²) in [5, 5.41) is 7.95. The molecule has 2 aromatic heterocycles. The molecule has 1 aliphatic heterocycles. The molecule has 152 valence electrons. The van der Waals surface area contributed by atoms with Crippen molar-refractivity contribution in [1.82, 2.24) is 24.5 Å². The van der Waals surface area contributed by atoms with Crippen LogP contribution in [0.25, 0.3) is 5.78 Å². The molecule has 1 fully saturated rings. The summed E-state index contributed by atoms with van der Waals surface area (Å²) in [6, 6.07) is 7.61. The number of aryl methyl sites for hydroxylation is 1. The Labute approximate surface area is 168 Å². The second-order valence-corrected chi connectivity index (χ2v) is 6.99. The van der Waals surface area contributed by atoms with Crippen LogP contribution in [-0.4, -0.2) is 70.8 Å². The van der Waals surface area contributed by atoms with Crippen molar-refractivity contribution in [3.05, 3.63) is 41.9 Å². The largest absolute Gasteiger partial charge is 0.493 e. The maximum Gasteiger partial charge on any atom is 0.256 e. The van der Waals surface area contributed by atoms with Gasteiger partial charge in [-0.2, -0.15) is 4.98 Å². The minimum Gasteiger partial charge on any atom is -0.493 e. The monoisotopic (exact) mass is 396 g/mol. The molecule has 0 radical (unpaired) electrons. The number of aromatic nitrogens is 4. The summed E-state index contributed by atoms with van der Waals surface area (Å²) in [6.07, 6.45) is 2.00. The second kappa shape index (κ2) is 7.94. The van der Waals surface area contributed by atoms with Gasteiger partial charge in [-0.05, 0) is 24.6 Å². The van der Waals surface area contributed by atoms with Gasteiger partial charge in [-0.25, -0.2) is 0 Å². The molecule has 4 rings (SSSR count). The van der Waals surface area contributed by atoms with Crippen LogP contribution in [0.4, 0.5) is 5.82 Å². The van der Waals surface area contributed by atoms with Crippen molar-refractivity contribution in [2.45, 2.75) is 13.3 Å². The van der Waals surface area contributed by atoms with Crippen LogP contribution in [-0.2, 0) is 11.2 Å². The van der Waals surface area contributed by atoms with E-state index in [-0.39, 0.29) is 5.91 Å². The van der Waals surface area contributed by atoms with Crippen molar-refractivity contribution < 1.29 is 14.3 Å². The lowest BCUT2D eigenvalue weighted by molar-refractivity contribution is -0.130. The van der Waals surface area contributed by atoms with E-state index >= 15 is 0 Å². The molecule has 1 saturated heterocycles. The first-order valence-corrected chi connectivity index (χ1v) is 9.50. The van der Waals surface area contributed by atoms with Gasteiger partial charge in [0.15, 0.2) is 11.5 Å². The quantitative estimate of drug-likeness (QED) is 0.643. The van der Waals surface area contributed by atoms with Gasteiger partial charge in [0.05, 0.1) is 20.6 Å². The number of piperazine rings is 1. The Bertz CT molecular complexity index is 1030. The molecule has 9 nitrogen and oxygen atoms in total. The summed E-state index contributed by atoms with van der Waals surface area (Å²) < 4.78 is 12.4. The molecule has 1 amide bonds. The average Bonchev–Trinajstić information content (AvgIpc) is 3.23. The van der Waals surface area contributed by atoms with Crippen molar-refractivity contribution in [3.63, 3.8) is 0 Å². The van der Waals surface area contributed by atoms with Gasteiger partial charge in [0.25, 0.3) is 5.78 Å². The van der Waals surface area contributed by atoms with Gasteiger partial charge in [0, 0.05) is 37.9 Å². The Hall–Kier alpha value is -3.36. The molecule has 0 saturated carbocycles. The fraction of sp³-hybridized carbons (Fsp3) is 0.400. The normalized spacial score (nSPS) is 14.3. The van der Waals surface area contributed by atoms with E-state index in [1.54, 1.807) is 20.5 Å².